The van der Waals surface area contributed by atoms with Crippen LogP contribution in [0.15, 0.2) is 69.5 Å². The predicted molar refractivity (Wildman–Crippen MR) is 125 cm³/mol. The van der Waals surface area contributed by atoms with Gasteiger partial charge in [0, 0.05) is 45.0 Å². The van der Waals surface area contributed by atoms with Gasteiger partial charge >= 0.3 is 0 Å². The Hall–Kier alpha value is -2.73. The maximum absolute atomic E-state index is 13.5. The van der Waals surface area contributed by atoms with Gasteiger partial charge in [-0.3, -0.25) is 9.59 Å². The SMILES string of the molecule is CC1=C(C(=O)Nc2cccc(C)n2)C(c2ccc(Br)cc2)C2=C(CC(C)(C)CC2=O)N1. The molecule has 5 nitrogen and oxygen atoms in total. The molecule has 1 unspecified atom stereocenters. The lowest BCUT2D eigenvalue weighted by Crippen LogP contribution is -2.39. The van der Waals surface area contributed by atoms with Crippen LogP contribution in [0.3, 0.4) is 0 Å². The molecule has 0 spiro atoms. The van der Waals surface area contributed by atoms with E-state index in [0.29, 0.717) is 23.4 Å². The fourth-order valence-electron chi connectivity index (χ4n) is 4.52. The highest BCUT2D eigenvalue weighted by Crippen LogP contribution is 2.46. The highest BCUT2D eigenvalue weighted by atomic mass is 79.9. The number of ketones is 1. The maximum Gasteiger partial charge on any atom is 0.255 e. The fraction of sp³-hybridized carbons (Fsp3) is 0.320. The molecule has 4 rings (SSSR count). The first-order chi connectivity index (χ1) is 14.6. The van der Waals surface area contributed by atoms with Crippen molar-refractivity contribution < 1.29 is 9.59 Å². The molecule has 1 aromatic carbocycles. The number of pyridine rings is 1. The van der Waals surface area contributed by atoms with Crippen molar-refractivity contribution in [3.63, 3.8) is 0 Å². The number of carbonyl (C=O) groups is 2. The predicted octanol–water partition coefficient (Wildman–Crippen LogP) is 5.40. The molecule has 2 N–H and O–H groups in total. The van der Waals surface area contributed by atoms with E-state index in [2.05, 4.69) is 45.4 Å². The average Bonchev–Trinajstić information content (AvgIpc) is 2.66. The van der Waals surface area contributed by atoms with Gasteiger partial charge in [-0.05, 0) is 55.5 Å². The molecule has 2 heterocycles. The van der Waals surface area contributed by atoms with Crippen molar-refractivity contribution in [3.05, 3.63) is 80.7 Å². The molecule has 160 valence electrons. The number of hydrogen-bond acceptors (Lipinski definition) is 4. The van der Waals surface area contributed by atoms with Gasteiger partial charge in [0.25, 0.3) is 5.91 Å². The number of aromatic nitrogens is 1. The summed E-state index contributed by atoms with van der Waals surface area (Å²) in [6.45, 7) is 8.00. The summed E-state index contributed by atoms with van der Waals surface area (Å²) in [6, 6.07) is 13.4. The summed E-state index contributed by atoms with van der Waals surface area (Å²) >= 11 is 3.48. The summed E-state index contributed by atoms with van der Waals surface area (Å²) in [5.41, 5.74) is 4.58. The number of rotatable bonds is 3. The van der Waals surface area contributed by atoms with Crippen LogP contribution in [0.4, 0.5) is 5.82 Å². The largest absolute Gasteiger partial charge is 0.362 e. The van der Waals surface area contributed by atoms with E-state index < -0.39 is 5.92 Å². The van der Waals surface area contributed by atoms with Crippen molar-refractivity contribution in [1.82, 2.24) is 10.3 Å². The third-order valence-corrected chi connectivity index (χ3v) is 6.35. The normalized spacial score (nSPS) is 20.3. The van der Waals surface area contributed by atoms with E-state index in [1.807, 2.05) is 50.2 Å². The number of Topliss-reactive ketones (excluding diaryl/α,β-unsaturated/α-hetero) is 1. The van der Waals surface area contributed by atoms with Crippen molar-refractivity contribution in [2.75, 3.05) is 5.32 Å². The van der Waals surface area contributed by atoms with Gasteiger partial charge in [-0.2, -0.15) is 0 Å². The monoisotopic (exact) mass is 479 g/mol. The third-order valence-electron chi connectivity index (χ3n) is 5.82. The summed E-state index contributed by atoms with van der Waals surface area (Å²) in [5.74, 6) is -0.0770. The molecule has 0 bridgehead atoms. The molecule has 0 saturated carbocycles. The van der Waals surface area contributed by atoms with E-state index >= 15 is 0 Å². The molecule has 2 aliphatic rings. The van der Waals surface area contributed by atoms with Gasteiger partial charge in [-0.25, -0.2) is 4.98 Å². The van der Waals surface area contributed by atoms with E-state index in [-0.39, 0.29) is 17.1 Å². The second-order valence-corrected chi connectivity index (χ2v) is 10.0. The number of allylic oxidation sites excluding steroid dienone is 3. The van der Waals surface area contributed by atoms with Crippen LogP contribution in [0, 0.1) is 12.3 Å². The topological polar surface area (TPSA) is 71.1 Å². The molecule has 0 fully saturated rings. The smallest absolute Gasteiger partial charge is 0.255 e. The van der Waals surface area contributed by atoms with Crippen LogP contribution in [0.25, 0.3) is 0 Å². The van der Waals surface area contributed by atoms with Crippen molar-refractivity contribution in [3.8, 4) is 0 Å². The molecular formula is C25H26BrN3O2. The van der Waals surface area contributed by atoms with Gasteiger partial charge in [0.15, 0.2) is 5.78 Å². The van der Waals surface area contributed by atoms with Crippen LogP contribution in [0.1, 0.15) is 50.8 Å². The van der Waals surface area contributed by atoms with E-state index in [0.717, 1.165) is 33.5 Å². The molecule has 1 aliphatic carbocycles. The van der Waals surface area contributed by atoms with Crippen molar-refractivity contribution in [1.29, 1.82) is 0 Å². The van der Waals surface area contributed by atoms with Crippen LogP contribution >= 0.6 is 15.9 Å². The average molecular weight is 480 g/mol. The van der Waals surface area contributed by atoms with Gasteiger partial charge in [0.1, 0.15) is 5.82 Å². The Morgan fingerprint density at radius 2 is 1.84 bits per heavy atom. The molecule has 1 amide bonds. The zero-order chi connectivity index (χ0) is 22.3. The standard InChI is InChI=1S/C25H26BrN3O2/c1-14-6-5-7-20(27-14)29-24(31)21-15(2)28-18-12-25(3,4)13-19(30)23(18)22(21)16-8-10-17(26)11-9-16/h5-11,22,28H,12-13H2,1-4H3,(H,27,29,31). The number of hydrogen-bond donors (Lipinski definition) is 2. The van der Waals surface area contributed by atoms with Crippen LogP contribution < -0.4 is 10.6 Å². The van der Waals surface area contributed by atoms with E-state index in [1.54, 1.807) is 6.07 Å². The van der Waals surface area contributed by atoms with Crippen molar-refractivity contribution >= 4 is 33.4 Å². The number of aryl methyl sites for hydroxylation is 1. The van der Waals surface area contributed by atoms with Gasteiger partial charge < -0.3 is 10.6 Å². The Morgan fingerprint density at radius 3 is 2.52 bits per heavy atom. The molecule has 1 aromatic heterocycles. The first-order valence-electron chi connectivity index (χ1n) is 10.4. The lowest BCUT2D eigenvalue weighted by Gasteiger charge is -2.39. The quantitative estimate of drug-likeness (QED) is 0.618. The second-order valence-electron chi connectivity index (χ2n) is 9.10. The number of carbonyl (C=O) groups excluding carboxylic acids is 2. The second kappa shape index (κ2) is 8.08. The summed E-state index contributed by atoms with van der Waals surface area (Å²) in [4.78, 5) is 31.2. The van der Waals surface area contributed by atoms with Crippen LogP contribution in [-0.2, 0) is 9.59 Å². The van der Waals surface area contributed by atoms with Gasteiger partial charge in [0.2, 0.25) is 0 Å². The van der Waals surface area contributed by atoms with Crippen LogP contribution in [0.2, 0.25) is 0 Å². The Bertz CT molecular complexity index is 1130. The van der Waals surface area contributed by atoms with Gasteiger partial charge in [-0.1, -0.05) is 48.0 Å². The molecule has 6 heteroatoms. The minimum atomic E-state index is -0.419. The maximum atomic E-state index is 13.5. The number of benzene rings is 1. The number of nitrogens with one attached hydrogen (secondary N) is 2. The number of halogens is 1. The first kappa shape index (κ1) is 21.5. The van der Waals surface area contributed by atoms with Gasteiger partial charge in [0.05, 0.1) is 0 Å². The number of anilines is 1. The summed E-state index contributed by atoms with van der Waals surface area (Å²) in [5, 5.41) is 6.32. The zero-order valence-electron chi connectivity index (χ0n) is 18.2. The lowest BCUT2D eigenvalue weighted by molar-refractivity contribution is -0.118. The van der Waals surface area contributed by atoms with Crippen molar-refractivity contribution in [2.45, 2.75) is 46.5 Å². The Kier molecular flexibility index (Phi) is 5.60. The number of amides is 1. The van der Waals surface area contributed by atoms with Crippen molar-refractivity contribution in [2.24, 2.45) is 5.41 Å². The lowest BCUT2D eigenvalue weighted by atomic mass is 9.68. The zero-order valence-corrected chi connectivity index (χ0v) is 19.8. The van der Waals surface area contributed by atoms with Crippen LogP contribution in [0.5, 0.6) is 0 Å². The van der Waals surface area contributed by atoms with E-state index in [1.165, 1.54) is 0 Å². The fourth-order valence-corrected chi connectivity index (χ4v) is 4.79. The highest BCUT2D eigenvalue weighted by molar-refractivity contribution is 9.10. The molecule has 0 saturated heterocycles. The minimum Gasteiger partial charge on any atom is -0.362 e. The first-order valence-corrected chi connectivity index (χ1v) is 11.2. The Balaban J connectivity index is 1.80. The molecule has 2 aromatic rings. The Morgan fingerprint density at radius 1 is 1.13 bits per heavy atom. The number of dihydropyridines is 1. The van der Waals surface area contributed by atoms with Crippen LogP contribution in [-0.4, -0.2) is 16.7 Å². The molecule has 1 aliphatic heterocycles. The third kappa shape index (κ3) is 4.35. The molecule has 31 heavy (non-hydrogen) atoms. The Labute approximate surface area is 191 Å². The molecular weight excluding hydrogens is 454 g/mol. The summed E-state index contributed by atoms with van der Waals surface area (Å²) in [6.07, 6.45) is 1.24. The molecule has 1 atom stereocenters. The summed E-state index contributed by atoms with van der Waals surface area (Å²) in [7, 11) is 0. The van der Waals surface area contributed by atoms with E-state index in [4.69, 9.17) is 0 Å². The van der Waals surface area contributed by atoms with E-state index in [9.17, 15) is 9.59 Å². The minimum absolute atomic E-state index is 0.0955. The highest BCUT2D eigenvalue weighted by Gasteiger charge is 2.42. The summed E-state index contributed by atoms with van der Waals surface area (Å²) < 4.78 is 0.950. The van der Waals surface area contributed by atoms with Gasteiger partial charge in [-0.15, -0.1) is 0 Å². The number of nitrogens with zero attached hydrogens (tertiary/aromatic N) is 1. The molecule has 0 radical (unpaired) electrons.